The van der Waals surface area contributed by atoms with Gasteiger partial charge in [0.2, 0.25) is 5.91 Å². The minimum absolute atomic E-state index is 0.114. The number of rotatable bonds is 16. The van der Waals surface area contributed by atoms with Gasteiger partial charge in [0.1, 0.15) is 0 Å². The van der Waals surface area contributed by atoms with Crippen LogP contribution in [0.4, 0.5) is 0 Å². The van der Waals surface area contributed by atoms with E-state index in [1.807, 2.05) is 17.5 Å². The van der Waals surface area contributed by atoms with E-state index in [0.717, 1.165) is 44.9 Å². The highest BCUT2D eigenvalue weighted by Gasteiger charge is 1.99. The third-order valence-electron chi connectivity index (χ3n) is 4.17. The van der Waals surface area contributed by atoms with Crippen molar-refractivity contribution in [2.75, 3.05) is 0 Å². The minimum Gasteiger partial charge on any atom is -0.351 e. The van der Waals surface area contributed by atoms with Gasteiger partial charge in [0.25, 0.3) is 0 Å². The van der Waals surface area contributed by atoms with E-state index in [9.17, 15) is 4.79 Å². The Bertz CT molecular complexity index is 705. The first-order valence-electron chi connectivity index (χ1n) is 11.0. The summed E-state index contributed by atoms with van der Waals surface area (Å²) in [5, 5.41) is 4.98. The summed E-state index contributed by atoms with van der Waals surface area (Å²) in [6, 6.07) is 4.04. The molecule has 0 saturated heterocycles. The van der Waals surface area contributed by atoms with Gasteiger partial charge in [-0.25, -0.2) is 0 Å². The molecule has 0 aliphatic carbocycles. The standard InChI is InChI=1S/C27H37NOS/c1-2-3-4-5-6-7-8-9-10-11-12-13-14-15-16-17-18-19-20-23-27(29)28-25-26-22-21-24-30-26/h3-4,6-7,9-10,12-13,15-16,18-19,21-22,24H,2,5,8,11,14,17,20,23,25H2,1H3,(H,28,29)/b4-3-,7-6-,10-9-,13-12-,16-15-,19-18-. The van der Waals surface area contributed by atoms with E-state index < -0.39 is 0 Å². The zero-order chi connectivity index (χ0) is 21.5. The van der Waals surface area contributed by atoms with Crippen LogP contribution in [0.5, 0.6) is 0 Å². The van der Waals surface area contributed by atoms with Crippen LogP contribution in [0.25, 0.3) is 0 Å². The van der Waals surface area contributed by atoms with Crippen LogP contribution in [0.1, 0.15) is 63.2 Å². The molecule has 0 aromatic carbocycles. The van der Waals surface area contributed by atoms with Crippen molar-refractivity contribution in [1.82, 2.24) is 5.32 Å². The van der Waals surface area contributed by atoms with Crippen LogP contribution in [-0.2, 0) is 11.3 Å². The van der Waals surface area contributed by atoms with Gasteiger partial charge in [0, 0.05) is 11.3 Å². The molecule has 0 fully saturated rings. The quantitative estimate of drug-likeness (QED) is 0.270. The van der Waals surface area contributed by atoms with E-state index in [2.05, 4.69) is 85.2 Å². The zero-order valence-corrected chi connectivity index (χ0v) is 19.2. The second-order valence-corrected chi connectivity index (χ2v) is 7.84. The third-order valence-corrected chi connectivity index (χ3v) is 5.05. The Morgan fingerprint density at radius 2 is 1.30 bits per heavy atom. The second-order valence-electron chi connectivity index (χ2n) is 6.81. The van der Waals surface area contributed by atoms with Crippen molar-refractivity contribution >= 4 is 17.2 Å². The summed E-state index contributed by atoms with van der Waals surface area (Å²) in [4.78, 5) is 12.9. The molecule has 0 spiro atoms. The maximum Gasteiger partial charge on any atom is 0.220 e. The monoisotopic (exact) mass is 423 g/mol. The summed E-state index contributed by atoms with van der Waals surface area (Å²) >= 11 is 1.67. The first-order chi connectivity index (χ1) is 14.8. The normalized spacial score (nSPS) is 12.7. The van der Waals surface area contributed by atoms with Crippen LogP contribution in [-0.4, -0.2) is 5.91 Å². The molecular weight excluding hydrogens is 386 g/mol. The first-order valence-corrected chi connectivity index (χ1v) is 11.9. The van der Waals surface area contributed by atoms with Crippen LogP contribution in [0, 0.1) is 0 Å². The fourth-order valence-corrected chi connectivity index (χ4v) is 3.19. The molecule has 1 aromatic heterocycles. The highest BCUT2D eigenvalue weighted by molar-refractivity contribution is 7.09. The Balaban J connectivity index is 1.94. The fourth-order valence-electron chi connectivity index (χ4n) is 2.54. The van der Waals surface area contributed by atoms with E-state index in [-0.39, 0.29) is 5.91 Å². The zero-order valence-electron chi connectivity index (χ0n) is 18.3. The van der Waals surface area contributed by atoms with Gasteiger partial charge in [-0.05, 0) is 56.4 Å². The van der Waals surface area contributed by atoms with E-state index in [4.69, 9.17) is 0 Å². The molecule has 0 bridgehead atoms. The van der Waals surface area contributed by atoms with Crippen molar-refractivity contribution in [2.24, 2.45) is 0 Å². The molecule has 162 valence electrons. The predicted octanol–water partition coefficient (Wildman–Crippen LogP) is 7.84. The summed E-state index contributed by atoms with van der Waals surface area (Å²) in [5.74, 6) is 0.114. The lowest BCUT2D eigenvalue weighted by Crippen LogP contribution is -2.21. The lowest BCUT2D eigenvalue weighted by molar-refractivity contribution is -0.121. The second kappa shape index (κ2) is 19.9. The molecule has 1 aromatic rings. The van der Waals surface area contributed by atoms with Crippen LogP contribution in [0.3, 0.4) is 0 Å². The van der Waals surface area contributed by atoms with Gasteiger partial charge in [-0.1, -0.05) is 85.9 Å². The lowest BCUT2D eigenvalue weighted by Gasteiger charge is -2.01. The lowest BCUT2D eigenvalue weighted by atomic mass is 10.2. The fraction of sp³-hybridized carbons (Fsp3) is 0.370. The molecule has 30 heavy (non-hydrogen) atoms. The number of hydrogen-bond donors (Lipinski definition) is 1. The van der Waals surface area contributed by atoms with Crippen molar-refractivity contribution in [3.05, 3.63) is 95.3 Å². The number of carbonyl (C=O) groups is 1. The van der Waals surface area contributed by atoms with Crippen molar-refractivity contribution in [2.45, 2.75) is 64.8 Å². The highest BCUT2D eigenvalue weighted by Crippen LogP contribution is 2.07. The Morgan fingerprint density at radius 1 is 0.800 bits per heavy atom. The summed E-state index contributed by atoms with van der Waals surface area (Å²) < 4.78 is 0. The molecule has 0 radical (unpaired) electrons. The van der Waals surface area contributed by atoms with Crippen molar-refractivity contribution in [3.8, 4) is 0 Å². The van der Waals surface area contributed by atoms with Crippen LogP contribution >= 0.6 is 11.3 Å². The van der Waals surface area contributed by atoms with Crippen LogP contribution in [0.2, 0.25) is 0 Å². The molecule has 1 rings (SSSR count). The maximum atomic E-state index is 11.7. The third kappa shape index (κ3) is 16.6. The van der Waals surface area contributed by atoms with Gasteiger partial charge in [0.05, 0.1) is 6.54 Å². The summed E-state index contributed by atoms with van der Waals surface area (Å²) in [7, 11) is 0. The number of amides is 1. The average molecular weight is 424 g/mol. The molecule has 1 N–H and O–H groups in total. The Morgan fingerprint density at radius 3 is 1.77 bits per heavy atom. The topological polar surface area (TPSA) is 29.1 Å². The Labute approximate surface area is 187 Å². The van der Waals surface area contributed by atoms with Gasteiger partial charge in [-0.2, -0.15) is 0 Å². The molecule has 1 amide bonds. The number of hydrogen-bond acceptors (Lipinski definition) is 2. The molecule has 0 aliphatic heterocycles. The molecule has 2 nitrogen and oxygen atoms in total. The molecule has 0 aliphatic rings. The Kier molecular flexibility index (Phi) is 17.0. The summed E-state index contributed by atoms with van der Waals surface area (Å²) in [5.41, 5.74) is 0. The van der Waals surface area contributed by atoms with E-state index >= 15 is 0 Å². The molecule has 1 heterocycles. The Hall–Kier alpha value is -2.39. The molecular formula is C27H37NOS. The highest BCUT2D eigenvalue weighted by atomic mass is 32.1. The van der Waals surface area contributed by atoms with Crippen molar-refractivity contribution in [3.63, 3.8) is 0 Å². The van der Waals surface area contributed by atoms with Crippen molar-refractivity contribution in [1.29, 1.82) is 0 Å². The minimum atomic E-state index is 0.114. The van der Waals surface area contributed by atoms with E-state index in [0.29, 0.717) is 13.0 Å². The number of nitrogens with one attached hydrogen (secondary N) is 1. The van der Waals surface area contributed by atoms with Gasteiger partial charge in [-0.3, -0.25) is 4.79 Å². The van der Waals surface area contributed by atoms with Gasteiger partial charge in [-0.15, -0.1) is 11.3 Å². The van der Waals surface area contributed by atoms with Crippen molar-refractivity contribution < 1.29 is 4.79 Å². The average Bonchev–Trinajstić information content (AvgIpc) is 3.27. The number of thiophene rings is 1. The molecule has 0 unspecified atom stereocenters. The first kappa shape index (κ1) is 25.6. The van der Waals surface area contributed by atoms with Gasteiger partial charge < -0.3 is 5.32 Å². The van der Waals surface area contributed by atoms with Crippen LogP contribution in [0.15, 0.2) is 90.4 Å². The maximum absolute atomic E-state index is 11.7. The molecule has 3 heteroatoms. The smallest absolute Gasteiger partial charge is 0.220 e. The van der Waals surface area contributed by atoms with Crippen LogP contribution < -0.4 is 5.32 Å². The summed E-state index contributed by atoms with van der Waals surface area (Å²) in [6.07, 6.45) is 33.6. The van der Waals surface area contributed by atoms with Gasteiger partial charge in [0.15, 0.2) is 0 Å². The van der Waals surface area contributed by atoms with E-state index in [1.54, 1.807) is 11.3 Å². The number of carbonyl (C=O) groups excluding carboxylic acids is 1. The van der Waals surface area contributed by atoms with Gasteiger partial charge >= 0.3 is 0 Å². The van der Waals surface area contributed by atoms with E-state index in [1.165, 1.54) is 4.88 Å². The number of allylic oxidation sites excluding steroid dienone is 12. The molecule has 0 atom stereocenters. The molecule has 0 saturated carbocycles. The summed E-state index contributed by atoms with van der Waals surface area (Å²) in [6.45, 7) is 2.79. The largest absolute Gasteiger partial charge is 0.351 e. The predicted molar refractivity (Wildman–Crippen MR) is 134 cm³/mol. The SMILES string of the molecule is CC/C=C\C/C=C\C/C=C\C/C=C\C/C=C\C/C=C\CCC(=O)NCc1cccs1.